The number of carbonyl (C=O) groups is 1. The first-order valence-electron chi connectivity index (χ1n) is 8.59. The molecular formula is C19H28N4O. The zero-order valence-electron chi connectivity index (χ0n) is 15.1. The van der Waals surface area contributed by atoms with Gasteiger partial charge in [-0.15, -0.1) is 0 Å². The molecule has 0 spiro atoms. The lowest BCUT2D eigenvalue weighted by molar-refractivity contribution is 0.251. The Balaban J connectivity index is 1.88. The van der Waals surface area contributed by atoms with Crippen LogP contribution in [0.25, 0.3) is 0 Å². The zero-order valence-corrected chi connectivity index (χ0v) is 15.1. The van der Waals surface area contributed by atoms with E-state index in [1.807, 2.05) is 42.8 Å². The van der Waals surface area contributed by atoms with E-state index in [9.17, 15) is 4.79 Å². The van der Waals surface area contributed by atoms with E-state index in [2.05, 4.69) is 35.6 Å². The van der Waals surface area contributed by atoms with Crippen LogP contribution in [0.1, 0.15) is 43.6 Å². The maximum atomic E-state index is 11.9. The van der Waals surface area contributed by atoms with Crippen molar-refractivity contribution in [2.45, 2.75) is 47.1 Å². The number of rotatable bonds is 7. The largest absolute Gasteiger partial charge is 0.338 e. The molecule has 1 aromatic carbocycles. The van der Waals surface area contributed by atoms with E-state index in [1.165, 1.54) is 0 Å². The second kappa shape index (κ2) is 8.52. The highest BCUT2D eigenvalue weighted by Gasteiger charge is 2.05. The molecule has 0 aliphatic carbocycles. The number of benzene rings is 1. The minimum Gasteiger partial charge on any atom is -0.338 e. The van der Waals surface area contributed by atoms with Crippen LogP contribution >= 0.6 is 0 Å². The summed E-state index contributed by atoms with van der Waals surface area (Å²) in [7, 11) is 0. The molecule has 0 aliphatic heterocycles. The van der Waals surface area contributed by atoms with Crippen LogP contribution in [0.3, 0.4) is 0 Å². The molecular weight excluding hydrogens is 300 g/mol. The molecule has 2 N–H and O–H groups in total. The maximum Gasteiger partial charge on any atom is 0.319 e. The molecule has 2 aromatic rings. The molecule has 0 unspecified atom stereocenters. The molecule has 0 fully saturated rings. The summed E-state index contributed by atoms with van der Waals surface area (Å²) in [6.07, 6.45) is 2.13. The second-order valence-corrected chi connectivity index (χ2v) is 6.70. The lowest BCUT2D eigenvalue weighted by atomic mass is 10.1. The van der Waals surface area contributed by atoms with Gasteiger partial charge in [0.2, 0.25) is 0 Å². The number of nitrogens with one attached hydrogen (secondary N) is 2. The number of hydrogen-bond donors (Lipinski definition) is 2. The van der Waals surface area contributed by atoms with Gasteiger partial charge in [-0.05, 0) is 56.4 Å². The van der Waals surface area contributed by atoms with Crippen LogP contribution in [-0.4, -0.2) is 22.4 Å². The van der Waals surface area contributed by atoms with Gasteiger partial charge in [0, 0.05) is 17.9 Å². The second-order valence-electron chi connectivity index (χ2n) is 6.70. The topological polar surface area (TPSA) is 59.0 Å². The highest BCUT2D eigenvalue weighted by molar-refractivity contribution is 5.89. The molecule has 5 nitrogen and oxygen atoms in total. The predicted octanol–water partition coefficient (Wildman–Crippen LogP) is 4.11. The third kappa shape index (κ3) is 5.72. The van der Waals surface area contributed by atoms with Gasteiger partial charge in [-0.1, -0.05) is 26.0 Å². The number of carbonyl (C=O) groups excluding carboxylic acids is 1. The summed E-state index contributed by atoms with van der Waals surface area (Å²) in [5, 5.41) is 10.3. The van der Waals surface area contributed by atoms with Crippen molar-refractivity contribution < 1.29 is 4.79 Å². The van der Waals surface area contributed by atoms with E-state index >= 15 is 0 Å². The fourth-order valence-corrected chi connectivity index (χ4v) is 2.64. The van der Waals surface area contributed by atoms with E-state index in [4.69, 9.17) is 0 Å². The number of urea groups is 1. The molecule has 24 heavy (non-hydrogen) atoms. The SMILES string of the molecule is Cc1cc(C)n(Cc2cccc(NC(=O)NCCCC(C)C)c2)n1. The standard InChI is InChI=1S/C19H28N4O/c1-14(2)7-6-10-20-19(24)21-18-9-5-8-17(12-18)13-23-16(4)11-15(3)22-23/h5,8-9,11-12,14H,6-7,10,13H2,1-4H3,(H2,20,21,24). The Hall–Kier alpha value is -2.30. The number of aryl methyl sites for hydroxylation is 2. The third-order valence-electron chi connectivity index (χ3n) is 3.86. The van der Waals surface area contributed by atoms with Gasteiger partial charge in [0.25, 0.3) is 0 Å². The first kappa shape index (κ1) is 18.0. The van der Waals surface area contributed by atoms with Gasteiger partial charge >= 0.3 is 6.03 Å². The van der Waals surface area contributed by atoms with Crippen LogP contribution < -0.4 is 10.6 Å². The van der Waals surface area contributed by atoms with E-state index in [0.717, 1.165) is 35.5 Å². The van der Waals surface area contributed by atoms with Crippen LogP contribution in [0.4, 0.5) is 10.5 Å². The summed E-state index contributed by atoms with van der Waals surface area (Å²) in [6.45, 7) is 9.82. The normalized spacial score (nSPS) is 10.9. The first-order chi connectivity index (χ1) is 11.4. The van der Waals surface area contributed by atoms with E-state index in [-0.39, 0.29) is 6.03 Å². The Kier molecular flexibility index (Phi) is 6.41. The van der Waals surface area contributed by atoms with Crippen molar-refractivity contribution in [3.63, 3.8) is 0 Å². The van der Waals surface area contributed by atoms with E-state index in [0.29, 0.717) is 19.0 Å². The average molecular weight is 328 g/mol. The van der Waals surface area contributed by atoms with Crippen LogP contribution in [0.15, 0.2) is 30.3 Å². The molecule has 2 rings (SSSR count). The summed E-state index contributed by atoms with van der Waals surface area (Å²) in [4.78, 5) is 11.9. The average Bonchev–Trinajstić information content (AvgIpc) is 2.81. The zero-order chi connectivity index (χ0) is 17.5. The number of nitrogens with zero attached hydrogens (tertiary/aromatic N) is 2. The Labute approximate surface area is 144 Å². The lowest BCUT2D eigenvalue weighted by Crippen LogP contribution is -2.29. The lowest BCUT2D eigenvalue weighted by Gasteiger charge is -2.10. The van der Waals surface area contributed by atoms with Crippen molar-refractivity contribution in [3.8, 4) is 0 Å². The van der Waals surface area contributed by atoms with Gasteiger partial charge in [-0.3, -0.25) is 4.68 Å². The molecule has 0 saturated heterocycles. The van der Waals surface area contributed by atoms with Crippen molar-refractivity contribution in [3.05, 3.63) is 47.3 Å². The van der Waals surface area contributed by atoms with Gasteiger partial charge in [-0.2, -0.15) is 5.10 Å². The molecule has 0 bridgehead atoms. The molecule has 130 valence electrons. The maximum absolute atomic E-state index is 11.9. The van der Waals surface area contributed by atoms with Crippen molar-refractivity contribution in [1.29, 1.82) is 0 Å². The number of amides is 2. The summed E-state index contributed by atoms with van der Waals surface area (Å²) < 4.78 is 1.97. The Morgan fingerprint density at radius 1 is 1.25 bits per heavy atom. The van der Waals surface area contributed by atoms with Crippen molar-refractivity contribution >= 4 is 11.7 Å². The number of aromatic nitrogens is 2. The van der Waals surface area contributed by atoms with E-state index < -0.39 is 0 Å². The minimum atomic E-state index is -0.151. The first-order valence-corrected chi connectivity index (χ1v) is 8.59. The van der Waals surface area contributed by atoms with Gasteiger partial charge in [0.05, 0.1) is 12.2 Å². The third-order valence-corrected chi connectivity index (χ3v) is 3.86. The van der Waals surface area contributed by atoms with Gasteiger partial charge in [0.15, 0.2) is 0 Å². The number of hydrogen-bond acceptors (Lipinski definition) is 2. The molecule has 0 radical (unpaired) electrons. The van der Waals surface area contributed by atoms with Crippen LogP contribution in [-0.2, 0) is 6.54 Å². The summed E-state index contributed by atoms with van der Waals surface area (Å²) in [6, 6.07) is 9.80. The Morgan fingerprint density at radius 2 is 2.04 bits per heavy atom. The molecule has 0 saturated carbocycles. The van der Waals surface area contributed by atoms with Gasteiger partial charge in [0.1, 0.15) is 0 Å². The molecule has 1 aromatic heterocycles. The Morgan fingerprint density at radius 3 is 2.71 bits per heavy atom. The monoisotopic (exact) mass is 328 g/mol. The fourth-order valence-electron chi connectivity index (χ4n) is 2.64. The smallest absolute Gasteiger partial charge is 0.319 e. The predicted molar refractivity (Wildman–Crippen MR) is 98.3 cm³/mol. The molecule has 1 heterocycles. The summed E-state index contributed by atoms with van der Waals surface area (Å²) >= 11 is 0. The van der Waals surface area contributed by atoms with E-state index in [1.54, 1.807) is 0 Å². The van der Waals surface area contributed by atoms with Gasteiger partial charge < -0.3 is 10.6 Å². The van der Waals surface area contributed by atoms with Crippen LogP contribution in [0, 0.1) is 19.8 Å². The Bertz CT molecular complexity index is 676. The highest BCUT2D eigenvalue weighted by Crippen LogP contribution is 2.13. The number of anilines is 1. The molecule has 0 atom stereocenters. The molecule has 2 amide bonds. The quantitative estimate of drug-likeness (QED) is 0.752. The molecule has 5 heteroatoms. The molecule has 0 aliphatic rings. The summed E-state index contributed by atoms with van der Waals surface area (Å²) in [5.41, 5.74) is 4.06. The highest BCUT2D eigenvalue weighted by atomic mass is 16.2. The van der Waals surface area contributed by atoms with Crippen molar-refractivity contribution in [2.24, 2.45) is 5.92 Å². The van der Waals surface area contributed by atoms with Crippen LogP contribution in [0.5, 0.6) is 0 Å². The van der Waals surface area contributed by atoms with Crippen molar-refractivity contribution in [1.82, 2.24) is 15.1 Å². The minimum absolute atomic E-state index is 0.151. The van der Waals surface area contributed by atoms with Crippen molar-refractivity contribution in [2.75, 3.05) is 11.9 Å². The summed E-state index contributed by atoms with van der Waals surface area (Å²) in [5.74, 6) is 0.668. The fraction of sp³-hybridized carbons (Fsp3) is 0.474. The van der Waals surface area contributed by atoms with Crippen LogP contribution in [0.2, 0.25) is 0 Å². The van der Waals surface area contributed by atoms with Gasteiger partial charge in [-0.25, -0.2) is 4.79 Å².